The van der Waals surface area contributed by atoms with Crippen molar-refractivity contribution in [1.29, 1.82) is 0 Å². The third kappa shape index (κ3) is 6.02. The Morgan fingerprint density at radius 1 is 1.22 bits per heavy atom. The molecule has 1 N–H and O–H groups in total. The van der Waals surface area contributed by atoms with E-state index in [1.165, 1.54) is 0 Å². The van der Waals surface area contributed by atoms with Gasteiger partial charge < -0.3 is 10.1 Å². The second-order valence-electron chi connectivity index (χ2n) is 6.22. The number of nitrogens with one attached hydrogen (secondary N) is 1. The Labute approximate surface area is 145 Å². The highest BCUT2D eigenvalue weighted by molar-refractivity contribution is 9.10. The van der Waals surface area contributed by atoms with E-state index in [1.807, 2.05) is 57.2 Å². The number of aromatic nitrogens is 1. The van der Waals surface area contributed by atoms with Crippen LogP contribution in [0.3, 0.4) is 0 Å². The Morgan fingerprint density at radius 2 is 1.96 bits per heavy atom. The number of pyridine rings is 1. The van der Waals surface area contributed by atoms with Crippen LogP contribution in [0.15, 0.2) is 47.1 Å². The van der Waals surface area contributed by atoms with Crippen LogP contribution in [0.2, 0.25) is 0 Å². The maximum Gasteiger partial charge on any atom is 0.407 e. The summed E-state index contributed by atoms with van der Waals surface area (Å²) in [6, 6.07) is 14.0. The van der Waals surface area contributed by atoms with Crippen molar-refractivity contribution in [2.75, 3.05) is 6.54 Å². The first-order chi connectivity index (χ1) is 10.8. The van der Waals surface area contributed by atoms with Crippen LogP contribution >= 0.6 is 15.9 Å². The Morgan fingerprint density at radius 3 is 2.65 bits per heavy atom. The summed E-state index contributed by atoms with van der Waals surface area (Å²) >= 11 is 3.39. The van der Waals surface area contributed by atoms with E-state index >= 15 is 0 Å². The number of hydrogen-bond donors (Lipinski definition) is 1. The van der Waals surface area contributed by atoms with Crippen molar-refractivity contribution < 1.29 is 9.53 Å². The molecule has 0 spiro atoms. The van der Waals surface area contributed by atoms with Gasteiger partial charge in [0.25, 0.3) is 0 Å². The van der Waals surface area contributed by atoms with Crippen LogP contribution in [0.25, 0.3) is 11.3 Å². The summed E-state index contributed by atoms with van der Waals surface area (Å²) in [5, 5.41) is 2.77. The van der Waals surface area contributed by atoms with Crippen LogP contribution in [0.1, 0.15) is 26.3 Å². The van der Waals surface area contributed by atoms with Gasteiger partial charge in [-0.1, -0.05) is 24.3 Å². The van der Waals surface area contributed by atoms with Crippen molar-refractivity contribution in [3.8, 4) is 11.3 Å². The Bertz CT molecular complexity index is 681. The first-order valence-electron chi connectivity index (χ1n) is 7.52. The Hall–Kier alpha value is -1.88. The second-order valence-corrected chi connectivity index (χ2v) is 7.04. The molecule has 1 aromatic carbocycles. The molecule has 2 rings (SSSR count). The van der Waals surface area contributed by atoms with Gasteiger partial charge in [0, 0.05) is 12.1 Å². The zero-order valence-corrected chi connectivity index (χ0v) is 15.2. The molecule has 2 aromatic rings. The third-order valence-corrected chi connectivity index (χ3v) is 3.46. The molecule has 0 saturated heterocycles. The number of carbonyl (C=O) groups is 1. The largest absolute Gasteiger partial charge is 0.444 e. The summed E-state index contributed by atoms with van der Waals surface area (Å²) in [7, 11) is 0. The zero-order valence-electron chi connectivity index (χ0n) is 13.6. The molecular weight excluding hydrogens is 356 g/mol. The van der Waals surface area contributed by atoms with Crippen LogP contribution in [0.5, 0.6) is 0 Å². The van der Waals surface area contributed by atoms with Crippen LogP contribution in [0, 0.1) is 0 Å². The van der Waals surface area contributed by atoms with E-state index in [1.54, 1.807) is 0 Å². The Balaban J connectivity index is 1.94. The SMILES string of the molecule is CC(C)(C)OC(=O)NCCc1cccc(-c2cccc(Br)n2)c1. The van der Waals surface area contributed by atoms with Gasteiger partial charge >= 0.3 is 6.09 Å². The number of ether oxygens (including phenoxy) is 1. The molecule has 0 unspecified atom stereocenters. The maximum absolute atomic E-state index is 11.6. The van der Waals surface area contributed by atoms with E-state index in [-0.39, 0.29) is 6.09 Å². The molecular formula is C18H21BrN2O2. The van der Waals surface area contributed by atoms with E-state index in [0.717, 1.165) is 27.8 Å². The predicted octanol–water partition coefficient (Wildman–Crippen LogP) is 4.58. The lowest BCUT2D eigenvalue weighted by atomic mass is 10.1. The van der Waals surface area contributed by atoms with Crippen LogP contribution in [-0.4, -0.2) is 23.2 Å². The van der Waals surface area contributed by atoms with Crippen LogP contribution in [0.4, 0.5) is 4.79 Å². The van der Waals surface area contributed by atoms with Gasteiger partial charge in [0.1, 0.15) is 10.2 Å². The van der Waals surface area contributed by atoms with Crippen LogP contribution in [-0.2, 0) is 11.2 Å². The minimum atomic E-state index is -0.476. The molecule has 4 nitrogen and oxygen atoms in total. The number of benzene rings is 1. The number of nitrogens with zero attached hydrogens (tertiary/aromatic N) is 1. The molecule has 122 valence electrons. The van der Waals surface area contributed by atoms with E-state index in [4.69, 9.17) is 4.74 Å². The molecule has 1 heterocycles. The number of alkyl carbamates (subject to hydrolysis) is 1. The van der Waals surface area contributed by atoms with Gasteiger partial charge in [-0.2, -0.15) is 0 Å². The summed E-state index contributed by atoms with van der Waals surface area (Å²) in [5.74, 6) is 0. The Kier molecular flexibility index (Phi) is 5.77. The lowest BCUT2D eigenvalue weighted by Crippen LogP contribution is -2.33. The van der Waals surface area contributed by atoms with E-state index in [9.17, 15) is 4.79 Å². The molecule has 5 heteroatoms. The average Bonchev–Trinajstić information content (AvgIpc) is 2.46. The first kappa shape index (κ1) is 17.5. The zero-order chi connectivity index (χ0) is 16.9. The summed E-state index contributed by atoms with van der Waals surface area (Å²) < 4.78 is 6.03. The lowest BCUT2D eigenvalue weighted by Gasteiger charge is -2.19. The van der Waals surface area contributed by atoms with Crippen LogP contribution < -0.4 is 5.32 Å². The molecule has 0 saturated carbocycles. The van der Waals surface area contributed by atoms with Gasteiger partial charge in [-0.05, 0) is 66.9 Å². The monoisotopic (exact) mass is 376 g/mol. The first-order valence-corrected chi connectivity index (χ1v) is 8.31. The molecule has 0 aliphatic heterocycles. The minimum Gasteiger partial charge on any atom is -0.444 e. The van der Waals surface area contributed by atoms with Crippen molar-refractivity contribution in [2.45, 2.75) is 32.8 Å². The van der Waals surface area contributed by atoms with E-state index in [2.05, 4.69) is 32.3 Å². The van der Waals surface area contributed by atoms with Gasteiger partial charge in [0.15, 0.2) is 0 Å². The lowest BCUT2D eigenvalue weighted by molar-refractivity contribution is 0.0528. The molecule has 0 aliphatic carbocycles. The minimum absolute atomic E-state index is 0.387. The topological polar surface area (TPSA) is 51.2 Å². The summed E-state index contributed by atoms with van der Waals surface area (Å²) in [6.45, 7) is 6.08. The molecule has 1 amide bonds. The standard InChI is InChI=1S/C18H21BrN2O2/c1-18(2,3)23-17(22)20-11-10-13-6-4-7-14(12-13)15-8-5-9-16(19)21-15/h4-9,12H,10-11H2,1-3H3,(H,20,22). The molecule has 0 bridgehead atoms. The normalized spacial score (nSPS) is 11.1. The van der Waals surface area contributed by atoms with Gasteiger partial charge in [0.05, 0.1) is 5.69 Å². The third-order valence-electron chi connectivity index (χ3n) is 3.02. The fraction of sp³-hybridized carbons (Fsp3) is 0.333. The highest BCUT2D eigenvalue weighted by Gasteiger charge is 2.15. The van der Waals surface area contributed by atoms with Crippen molar-refractivity contribution >= 4 is 22.0 Å². The van der Waals surface area contributed by atoms with E-state index < -0.39 is 5.60 Å². The van der Waals surface area contributed by atoms with Crippen molar-refractivity contribution in [1.82, 2.24) is 10.3 Å². The molecule has 0 aliphatic rings. The number of halogens is 1. The molecule has 0 fully saturated rings. The number of hydrogen-bond acceptors (Lipinski definition) is 3. The number of rotatable bonds is 4. The molecule has 0 radical (unpaired) electrons. The highest BCUT2D eigenvalue weighted by Crippen LogP contribution is 2.20. The summed E-state index contributed by atoms with van der Waals surface area (Å²) in [6.07, 6.45) is 0.350. The summed E-state index contributed by atoms with van der Waals surface area (Å²) in [4.78, 5) is 16.1. The molecule has 23 heavy (non-hydrogen) atoms. The van der Waals surface area contributed by atoms with Gasteiger partial charge in [-0.15, -0.1) is 0 Å². The van der Waals surface area contributed by atoms with E-state index in [0.29, 0.717) is 6.54 Å². The second kappa shape index (κ2) is 7.59. The van der Waals surface area contributed by atoms with Crippen molar-refractivity contribution in [3.05, 3.63) is 52.6 Å². The van der Waals surface area contributed by atoms with Crippen molar-refractivity contribution in [3.63, 3.8) is 0 Å². The van der Waals surface area contributed by atoms with Crippen molar-refractivity contribution in [2.24, 2.45) is 0 Å². The summed E-state index contributed by atoms with van der Waals surface area (Å²) in [5.41, 5.74) is 2.64. The number of amides is 1. The predicted molar refractivity (Wildman–Crippen MR) is 95.3 cm³/mol. The van der Waals surface area contributed by atoms with Gasteiger partial charge in [0.2, 0.25) is 0 Å². The van der Waals surface area contributed by atoms with Gasteiger partial charge in [-0.3, -0.25) is 0 Å². The number of carbonyl (C=O) groups excluding carboxylic acids is 1. The highest BCUT2D eigenvalue weighted by atomic mass is 79.9. The molecule has 0 atom stereocenters. The quantitative estimate of drug-likeness (QED) is 0.794. The fourth-order valence-electron chi connectivity index (χ4n) is 2.08. The maximum atomic E-state index is 11.6. The average molecular weight is 377 g/mol. The molecule has 1 aromatic heterocycles. The fourth-order valence-corrected chi connectivity index (χ4v) is 2.42. The van der Waals surface area contributed by atoms with Gasteiger partial charge in [-0.25, -0.2) is 9.78 Å². The smallest absolute Gasteiger partial charge is 0.407 e.